The second-order valence-electron chi connectivity index (χ2n) is 0.900. The van der Waals surface area contributed by atoms with Crippen molar-refractivity contribution in [2.24, 2.45) is 0 Å². The molecule has 1 radical (unpaired) electrons. The van der Waals surface area contributed by atoms with Gasteiger partial charge in [-0.05, 0) is 18.4 Å². The van der Waals surface area contributed by atoms with Gasteiger partial charge in [0, 0.05) is 0 Å². The number of hydrogen-bond acceptors (Lipinski definition) is 1. The van der Waals surface area contributed by atoms with Gasteiger partial charge in [0.2, 0.25) is 0 Å². The molecular formula is C3H6FO. The molecule has 31 valence electrons. The highest BCUT2D eigenvalue weighted by atomic mass is 19.3. The van der Waals surface area contributed by atoms with Crippen molar-refractivity contribution in [1.29, 1.82) is 0 Å². The van der Waals surface area contributed by atoms with Crippen LogP contribution in [0.4, 0.5) is 4.53 Å². The summed E-state index contributed by atoms with van der Waals surface area (Å²) in [7, 11) is 0. The fourth-order valence-electron chi connectivity index (χ4n) is 0. The van der Waals surface area contributed by atoms with Crippen LogP contribution in [0.15, 0.2) is 0 Å². The molecule has 5 heavy (non-hydrogen) atoms. The molecule has 0 aromatic rings. The molecule has 0 N–H and O–H groups in total. The van der Waals surface area contributed by atoms with Crippen LogP contribution < -0.4 is 0 Å². The maximum Gasteiger partial charge on any atom is 0.0956 e. The molecule has 0 rings (SSSR count). The summed E-state index contributed by atoms with van der Waals surface area (Å²) < 4.78 is 10.6. The Kier molecular flexibility index (Phi) is 2.10. The molecule has 0 spiro atoms. The molecule has 0 heterocycles. The van der Waals surface area contributed by atoms with Crippen molar-refractivity contribution in [3.63, 3.8) is 0 Å². The lowest BCUT2D eigenvalue weighted by Crippen LogP contribution is -1.91. The minimum absolute atomic E-state index is 0.532. The highest BCUT2D eigenvalue weighted by Crippen LogP contribution is 1.82. The molecule has 0 saturated carbocycles. The third-order valence-electron chi connectivity index (χ3n) is 0.152. The second kappa shape index (κ2) is 2.15. The topological polar surface area (TPSA) is 9.23 Å². The summed E-state index contributed by atoms with van der Waals surface area (Å²) in [6.07, 6.45) is -0.532. The van der Waals surface area contributed by atoms with E-state index in [-0.39, 0.29) is 0 Å². The quantitative estimate of drug-likeness (QED) is 0.455. The Labute approximate surface area is 30.6 Å². The van der Waals surface area contributed by atoms with Crippen LogP contribution in [0.3, 0.4) is 0 Å². The highest BCUT2D eigenvalue weighted by molar-refractivity contribution is 4.43. The predicted octanol–water partition coefficient (Wildman–Crippen LogP) is 1.11. The Hall–Kier alpha value is -0.110. The molecule has 0 amide bonds. The summed E-state index contributed by atoms with van der Waals surface area (Å²) in [6.45, 7) is 4.67. The first kappa shape index (κ1) is 4.89. The van der Waals surface area contributed by atoms with Gasteiger partial charge in [-0.15, -0.1) is 0 Å². The second-order valence-corrected chi connectivity index (χ2v) is 0.900. The zero-order valence-corrected chi connectivity index (χ0v) is 3.07. The van der Waals surface area contributed by atoms with Crippen molar-refractivity contribution >= 4 is 0 Å². The van der Waals surface area contributed by atoms with E-state index in [0.717, 1.165) is 0 Å². The van der Waals surface area contributed by atoms with Crippen LogP contribution in [0.1, 0.15) is 6.92 Å². The summed E-state index contributed by atoms with van der Waals surface area (Å²) in [6, 6.07) is 0. The van der Waals surface area contributed by atoms with Gasteiger partial charge >= 0.3 is 0 Å². The van der Waals surface area contributed by atoms with Crippen molar-refractivity contribution in [2.75, 3.05) is 0 Å². The molecule has 0 fully saturated rings. The van der Waals surface area contributed by atoms with Gasteiger partial charge in [0.1, 0.15) is 0 Å². The number of halogens is 1. The Morgan fingerprint density at radius 2 is 2.20 bits per heavy atom. The number of hydrogen-bond donors (Lipinski definition) is 0. The minimum Gasteiger partial charge on any atom is -0.191 e. The van der Waals surface area contributed by atoms with E-state index in [1.54, 1.807) is 0 Å². The van der Waals surface area contributed by atoms with E-state index >= 15 is 0 Å². The lowest BCUT2D eigenvalue weighted by atomic mass is 10.5. The third-order valence-corrected chi connectivity index (χ3v) is 0.152. The van der Waals surface area contributed by atoms with Gasteiger partial charge in [-0.3, -0.25) is 0 Å². The molecule has 0 aromatic heterocycles. The van der Waals surface area contributed by atoms with E-state index in [1.807, 2.05) is 0 Å². The molecule has 1 atom stereocenters. The van der Waals surface area contributed by atoms with E-state index in [9.17, 15) is 4.53 Å². The standard InChI is InChI=1S/C3H6FO/c1-3(2)5-4/h3H,1H2,2H3. The molecule has 0 aliphatic carbocycles. The SMILES string of the molecule is [CH2]C(C)OF. The van der Waals surface area contributed by atoms with Crippen molar-refractivity contribution in [3.8, 4) is 0 Å². The van der Waals surface area contributed by atoms with Gasteiger partial charge in [0.25, 0.3) is 0 Å². The molecule has 2 heteroatoms. The minimum atomic E-state index is -0.532. The molecule has 0 saturated heterocycles. The zero-order chi connectivity index (χ0) is 4.28. The van der Waals surface area contributed by atoms with Crippen molar-refractivity contribution in [2.45, 2.75) is 13.0 Å². The van der Waals surface area contributed by atoms with E-state index in [4.69, 9.17) is 0 Å². The summed E-state index contributed by atoms with van der Waals surface area (Å²) in [4.78, 5) is 3.14. The molecule has 0 aromatic carbocycles. The van der Waals surface area contributed by atoms with Crippen LogP contribution in [0.25, 0.3) is 0 Å². The zero-order valence-electron chi connectivity index (χ0n) is 3.07. The first-order valence-corrected chi connectivity index (χ1v) is 1.38. The van der Waals surface area contributed by atoms with Crippen LogP contribution in [-0.4, -0.2) is 6.10 Å². The van der Waals surface area contributed by atoms with E-state index < -0.39 is 6.10 Å². The van der Waals surface area contributed by atoms with Crippen LogP contribution >= 0.6 is 0 Å². The Bertz CT molecular complexity index is 20.9. The average molecular weight is 77.1 g/mol. The molecule has 0 bridgehead atoms. The van der Waals surface area contributed by atoms with Gasteiger partial charge in [0.05, 0.1) is 6.10 Å². The lowest BCUT2D eigenvalue weighted by molar-refractivity contribution is -0.156. The molecule has 0 aliphatic heterocycles. The van der Waals surface area contributed by atoms with Crippen LogP contribution in [0, 0.1) is 6.92 Å². The van der Waals surface area contributed by atoms with Gasteiger partial charge in [-0.2, -0.15) is 4.94 Å². The van der Waals surface area contributed by atoms with Gasteiger partial charge in [-0.1, -0.05) is 0 Å². The Morgan fingerprint density at radius 3 is 2.20 bits per heavy atom. The average Bonchev–Trinajstić information content (AvgIpc) is 1.38. The van der Waals surface area contributed by atoms with E-state index in [1.165, 1.54) is 6.92 Å². The van der Waals surface area contributed by atoms with Crippen molar-refractivity contribution in [3.05, 3.63) is 6.92 Å². The first-order chi connectivity index (χ1) is 2.27. The fraction of sp³-hybridized carbons (Fsp3) is 0.667. The summed E-state index contributed by atoms with van der Waals surface area (Å²) in [5, 5.41) is 0. The van der Waals surface area contributed by atoms with Gasteiger partial charge in [0.15, 0.2) is 0 Å². The first-order valence-electron chi connectivity index (χ1n) is 1.38. The van der Waals surface area contributed by atoms with Gasteiger partial charge < -0.3 is 0 Å². The molecular weight excluding hydrogens is 71.0 g/mol. The van der Waals surface area contributed by atoms with Crippen molar-refractivity contribution in [1.82, 2.24) is 0 Å². The number of rotatable bonds is 1. The monoisotopic (exact) mass is 77.0 g/mol. The predicted molar refractivity (Wildman–Crippen MR) is 17.0 cm³/mol. The fourth-order valence-corrected chi connectivity index (χ4v) is 0. The maximum absolute atomic E-state index is 10.6. The third kappa shape index (κ3) is 3.89. The van der Waals surface area contributed by atoms with Crippen molar-refractivity contribution < 1.29 is 9.47 Å². The molecule has 0 aliphatic rings. The highest BCUT2D eigenvalue weighted by Gasteiger charge is 1.84. The maximum atomic E-state index is 10.6. The smallest absolute Gasteiger partial charge is 0.0956 e. The Morgan fingerprint density at radius 1 is 2.00 bits per heavy atom. The van der Waals surface area contributed by atoms with E-state index in [2.05, 4.69) is 11.9 Å². The van der Waals surface area contributed by atoms with E-state index in [0.29, 0.717) is 0 Å². The largest absolute Gasteiger partial charge is 0.191 e. The lowest BCUT2D eigenvalue weighted by Gasteiger charge is -1.87. The summed E-state index contributed by atoms with van der Waals surface area (Å²) in [5.74, 6) is 0. The summed E-state index contributed by atoms with van der Waals surface area (Å²) >= 11 is 0. The molecule has 1 nitrogen and oxygen atoms in total. The van der Waals surface area contributed by atoms with Crippen LogP contribution in [0.5, 0.6) is 0 Å². The van der Waals surface area contributed by atoms with Gasteiger partial charge in [-0.25, -0.2) is 0 Å². The Balaban J connectivity index is 2.54. The van der Waals surface area contributed by atoms with Crippen LogP contribution in [0.2, 0.25) is 0 Å². The summed E-state index contributed by atoms with van der Waals surface area (Å²) in [5.41, 5.74) is 0. The molecule has 1 unspecified atom stereocenters. The van der Waals surface area contributed by atoms with Crippen LogP contribution in [-0.2, 0) is 4.94 Å². The normalized spacial score (nSPS) is 9.60.